The van der Waals surface area contributed by atoms with E-state index in [2.05, 4.69) is 15.0 Å². The van der Waals surface area contributed by atoms with Crippen molar-refractivity contribution in [2.24, 2.45) is 7.05 Å². The first-order chi connectivity index (χ1) is 11.5. The molecule has 3 heterocycles. The minimum Gasteiger partial charge on any atom is -0.342 e. The second kappa shape index (κ2) is 5.47. The van der Waals surface area contributed by atoms with Gasteiger partial charge >= 0.3 is 0 Å². The van der Waals surface area contributed by atoms with E-state index in [9.17, 15) is 4.79 Å². The van der Waals surface area contributed by atoms with E-state index < -0.39 is 0 Å². The van der Waals surface area contributed by atoms with Crippen LogP contribution in [0.5, 0.6) is 0 Å². The SMILES string of the molecule is Cc1cn(C)c(C2CCCN2C(=O)c2ccc3nc(C)[nH]c3c2)n1. The lowest BCUT2D eigenvalue weighted by Gasteiger charge is -2.24. The van der Waals surface area contributed by atoms with Gasteiger partial charge in [-0.3, -0.25) is 4.79 Å². The molecule has 1 N–H and O–H groups in total. The maximum Gasteiger partial charge on any atom is 0.254 e. The van der Waals surface area contributed by atoms with Crippen LogP contribution in [-0.2, 0) is 7.05 Å². The largest absolute Gasteiger partial charge is 0.342 e. The Morgan fingerprint density at radius 2 is 2.12 bits per heavy atom. The number of carbonyl (C=O) groups excluding carboxylic acids is 1. The van der Waals surface area contributed by atoms with Crippen LogP contribution in [0.3, 0.4) is 0 Å². The Morgan fingerprint density at radius 1 is 1.29 bits per heavy atom. The standard InChI is InChI=1S/C18H21N5O/c1-11-10-22(3)17(19-11)16-5-4-8-23(16)18(24)13-6-7-14-15(9-13)21-12(2)20-14/h6-7,9-10,16H,4-5,8H2,1-3H3,(H,20,21). The summed E-state index contributed by atoms with van der Waals surface area (Å²) in [6.45, 7) is 4.68. The van der Waals surface area contributed by atoms with E-state index in [1.54, 1.807) is 0 Å². The molecule has 124 valence electrons. The molecule has 1 aromatic carbocycles. The Hall–Kier alpha value is -2.63. The Kier molecular flexibility index (Phi) is 3.40. The molecule has 0 spiro atoms. The molecule has 1 aliphatic heterocycles. The molecule has 1 fully saturated rings. The Labute approximate surface area is 140 Å². The summed E-state index contributed by atoms with van der Waals surface area (Å²) in [7, 11) is 2.00. The minimum absolute atomic E-state index is 0.0513. The number of carbonyl (C=O) groups is 1. The first kappa shape index (κ1) is 14.9. The predicted octanol–water partition coefficient (Wildman–Crippen LogP) is 2.89. The van der Waals surface area contributed by atoms with Gasteiger partial charge < -0.3 is 14.5 Å². The number of H-pyrrole nitrogens is 1. The van der Waals surface area contributed by atoms with Gasteiger partial charge in [0.05, 0.1) is 22.8 Å². The fourth-order valence-corrected chi connectivity index (χ4v) is 3.66. The van der Waals surface area contributed by atoms with Gasteiger partial charge in [0.15, 0.2) is 0 Å². The number of benzene rings is 1. The lowest BCUT2D eigenvalue weighted by atomic mass is 10.1. The number of aromatic nitrogens is 4. The van der Waals surface area contributed by atoms with Crippen LogP contribution >= 0.6 is 0 Å². The number of aromatic amines is 1. The summed E-state index contributed by atoms with van der Waals surface area (Å²) in [5.41, 5.74) is 3.48. The average molecular weight is 323 g/mol. The number of fused-ring (bicyclic) bond motifs is 1. The number of amides is 1. The zero-order valence-corrected chi connectivity index (χ0v) is 14.2. The van der Waals surface area contributed by atoms with Gasteiger partial charge in [0.1, 0.15) is 11.6 Å². The molecule has 2 aromatic heterocycles. The molecule has 1 aliphatic rings. The Morgan fingerprint density at radius 3 is 2.88 bits per heavy atom. The number of aryl methyl sites for hydroxylation is 3. The van der Waals surface area contributed by atoms with E-state index >= 15 is 0 Å². The average Bonchev–Trinajstić information content (AvgIpc) is 3.22. The molecule has 0 radical (unpaired) electrons. The summed E-state index contributed by atoms with van der Waals surface area (Å²) in [6.07, 6.45) is 3.98. The van der Waals surface area contributed by atoms with Crippen molar-refractivity contribution in [3.63, 3.8) is 0 Å². The first-order valence-electron chi connectivity index (χ1n) is 8.30. The molecule has 1 atom stereocenters. The molecule has 4 rings (SSSR count). The molecule has 0 aliphatic carbocycles. The fraction of sp³-hybridized carbons (Fsp3) is 0.389. The van der Waals surface area contributed by atoms with Crippen molar-refractivity contribution in [1.29, 1.82) is 0 Å². The van der Waals surface area contributed by atoms with Crippen molar-refractivity contribution in [2.45, 2.75) is 32.7 Å². The number of likely N-dealkylation sites (tertiary alicyclic amines) is 1. The highest BCUT2D eigenvalue weighted by Crippen LogP contribution is 2.32. The van der Waals surface area contributed by atoms with Crippen molar-refractivity contribution >= 4 is 16.9 Å². The fourth-order valence-electron chi connectivity index (χ4n) is 3.66. The summed E-state index contributed by atoms with van der Waals surface area (Å²) >= 11 is 0. The van der Waals surface area contributed by atoms with Crippen molar-refractivity contribution in [1.82, 2.24) is 24.4 Å². The Bertz CT molecular complexity index is 923. The van der Waals surface area contributed by atoms with E-state index in [1.165, 1.54) is 0 Å². The maximum absolute atomic E-state index is 13.1. The third-order valence-corrected chi connectivity index (χ3v) is 4.69. The summed E-state index contributed by atoms with van der Waals surface area (Å²) in [6, 6.07) is 5.72. The molecule has 1 amide bonds. The molecule has 3 aromatic rings. The third-order valence-electron chi connectivity index (χ3n) is 4.69. The zero-order valence-electron chi connectivity index (χ0n) is 14.2. The molecule has 0 saturated carbocycles. The van der Waals surface area contributed by atoms with Gasteiger partial charge in [-0.2, -0.15) is 0 Å². The van der Waals surface area contributed by atoms with Crippen LogP contribution in [0.25, 0.3) is 11.0 Å². The van der Waals surface area contributed by atoms with Gasteiger partial charge in [0.2, 0.25) is 0 Å². The van der Waals surface area contributed by atoms with Crippen LogP contribution in [0, 0.1) is 13.8 Å². The number of imidazole rings is 2. The van der Waals surface area contributed by atoms with Gasteiger partial charge in [-0.05, 0) is 44.9 Å². The highest BCUT2D eigenvalue weighted by Gasteiger charge is 2.33. The molecule has 6 heteroatoms. The van der Waals surface area contributed by atoms with Crippen LogP contribution in [0.15, 0.2) is 24.4 Å². The lowest BCUT2D eigenvalue weighted by Crippen LogP contribution is -2.31. The molecule has 0 bridgehead atoms. The number of nitrogens with zero attached hydrogens (tertiary/aromatic N) is 4. The molecule has 1 unspecified atom stereocenters. The van der Waals surface area contributed by atoms with Crippen LogP contribution < -0.4 is 0 Å². The Balaban J connectivity index is 1.67. The second-order valence-electron chi connectivity index (χ2n) is 6.56. The third kappa shape index (κ3) is 2.38. The van der Waals surface area contributed by atoms with Crippen molar-refractivity contribution in [3.05, 3.63) is 47.3 Å². The first-order valence-corrected chi connectivity index (χ1v) is 8.30. The quantitative estimate of drug-likeness (QED) is 0.788. The van der Waals surface area contributed by atoms with Gasteiger partial charge in [-0.15, -0.1) is 0 Å². The van der Waals surface area contributed by atoms with E-state index in [0.717, 1.165) is 47.8 Å². The summed E-state index contributed by atoms with van der Waals surface area (Å²) in [5, 5.41) is 0. The molecular weight excluding hydrogens is 302 g/mol. The molecule has 1 saturated heterocycles. The predicted molar refractivity (Wildman–Crippen MR) is 91.8 cm³/mol. The van der Waals surface area contributed by atoms with Crippen LogP contribution in [0.4, 0.5) is 0 Å². The lowest BCUT2D eigenvalue weighted by molar-refractivity contribution is 0.0728. The topological polar surface area (TPSA) is 66.8 Å². The van der Waals surface area contributed by atoms with Gasteiger partial charge in [0.25, 0.3) is 5.91 Å². The van der Waals surface area contributed by atoms with E-state index in [-0.39, 0.29) is 11.9 Å². The number of hydrogen-bond donors (Lipinski definition) is 1. The second-order valence-corrected chi connectivity index (χ2v) is 6.56. The number of rotatable bonds is 2. The number of hydrogen-bond acceptors (Lipinski definition) is 3. The normalized spacial score (nSPS) is 17.8. The summed E-state index contributed by atoms with van der Waals surface area (Å²) in [4.78, 5) is 27.2. The number of nitrogens with one attached hydrogen (secondary N) is 1. The smallest absolute Gasteiger partial charge is 0.254 e. The van der Waals surface area contributed by atoms with Crippen molar-refractivity contribution < 1.29 is 4.79 Å². The molecular formula is C18H21N5O. The minimum atomic E-state index is 0.0513. The van der Waals surface area contributed by atoms with Gasteiger partial charge in [-0.1, -0.05) is 0 Å². The van der Waals surface area contributed by atoms with E-state index in [4.69, 9.17) is 0 Å². The summed E-state index contributed by atoms with van der Waals surface area (Å²) in [5.74, 6) is 1.89. The zero-order chi connectivity index (χ0) is 16.8. The van der Waals surface area contributed by atoms with E-state index in [1.807, 2.05) is 54.8 Å². The van der Waals surface area contributed by atoms with Crippen molar-refractivity contribution in [2.75, 3.05) is 6.54 Å². The van der Waals surface area contributed by atoms with Gasteiger partial charge in [0, 0.05) is 25.4 Å². The van der Waals surface area contributed by atoms with Gasteiger partial charge in [-0.25, -0.2) is 9.97 Å². The highest BCUT2D eigenvalue weighted by molar-refractivity contribution is 5.97. The van der Waals surface area contributed by atoms with Crippen molar-refractivity contribution in [3.8, 4) is 0 Å². The van der Waals surface area contributed by atoms with Crippen LogP contribution in [0.1, 0.15) is 46.6 Å². The summed E-state index contributed by atoms with van der Waals surface area (Å²) < 4.78 is 2.03. The molecule has 24 heavy (non-hydrogen) atoms. The highest BCUT2D eigenvalue weighted by atomic mass is 16.2. The monoisotopic (exact) mass is 323 g/mol. The van der Waals surface area contributed by atoms with E-state index in [0.29, 0.717) is 5.56 Å². The maximum atomic E-state index is 13.1. The molecule has 6 nitrogen and oxygen atoms in total. The van der Waals surface area contributed by atoms with Crippen LogP contribution in [0.2, 0.25) is 0 Å². The van der Waals surface area contributed by atoms with Crippen LogP contribution in [-0.4, -0.2) is 36.9 Å².